The van der Waals surface area contributed by atoms with Crippen LogP contribution in [0.3, 0.4) is 0 Å². The Bertz CT molecular complexity index is 1160. The number of carbonyl (C=O) groups excluding carboxylic acids is 1. The fourth-order valence-corrected chi connectivity index (χ4v) is 6.13. The number of nitrogens with zero attached hydrogens (tertiary/aromatic N) is 2. The normalized spacial score (nSPS) is 15.6. The van der Waals surface area contributed by atoms with Crippen LogP contribution in [-0.2, 0) is 10.0 Å². The van der Waals surface area contributed by atoms with Crippen molar-refractivity contribution < 1.29 is 13.2 Å². The molecule has 8 heteroatoms. The molecule has 3 aromatic rings. The van der Waals surface area contributed by atoms with Crippen LogP contribution in [0.15, 0.2) is 47.4 Å². The average molecular weight is 444 g/mol. The summed E-state index contributed by atoms with van der Waals surface area (Å²) in [5.41, 5.74) is 1.91. The molecular formula is C22H25N3O3S2. The molecule has 1 N–H and O–H groups in total. The number of fused-ring (bicyclic) bond motifs is 1. The molecule has 0 saturated heterocycles. The second-order valence-corrected chi connectivity index (χ2v) is 10.9. The quantitative estimate of drug-likeness (QED) is 0.614. The van der Waals surface area contributed by atoms with Gasteiger partial charge in [0.05, 0.1) is 20.1 Å². The van der Waals surface area contributed by atoms with Crippen LogP contribution in [0.2, 0.25) is 0 Å². The molecule has 1 saturated carbocycles. The Kier molecular flexibility index (Phi) is 5.90. The lowest BCUT2D eigenvalue weighted by atomic mass is 9.96. The van der Waals surface area contributed by atoms with Gasteiger partial charge in [0, 0.05) is 24.3 Å². The maximum absolute atomic E-state index is 12.9. The van der Waals surface area contributed by atoms with Gasteiger partial charge in [0.25, 0.3) is 5.91 Å². The molecule has 6 nitrogen and oxygen atoms in total. The highest BCUT2D eigenvalue weighted by Crippen LogP contribution is 2.27. The number of sulfonamides is 1. The summed E-state index contributed by atoms with van der Waals surface area (Å²) < 4.78 is 28.5. The summed E-state index contributed by atoms with van der Waals surface area (Å²) in [6, 6.07) is 11.8. The standard InChI is InChI=1S/C22H25N3O3S2/c1-15-23-20-14-17(10-13-21(20)29-15)24-22(26)16-8-11-19(12-9-16)30(27,28)25(2)18-6-4-3-5-7-18/h8-14,18H,3-7H2,1-2H3,(H,24,26). The molecule has 0 bridgehead atoms. The van der Waals surface area contributed by atoms with Crippen molar-refractivity contribution in [3.63, 3.8) is 0 Å². The second-order valence-electron chi connectivity index (χ2n) is 7.71. The predicted molar refractivity (Wildman–Crippen MR) is 121 cm³/mol. The summed E-state index contributed by atoms with van der Waals surface area (Å²) in [5.74, 6) is -0.286. The van der Waals surface area contributed by atoms with Crippen LogP contribution < -0.4 is 5.32 Å². The monoisotopic (exact) mass is 443 g/mol. The topological polar surface area (TPSA) is 79.4 Å². The number of benzene rings is 2. The lowest BCUT2D eigenvalue weighted by Crippen LogP contribution is -2.38. The SMILES string of the molecule is Cc1nc2cc(NC(=O)c3ccc(S(=O)(=O)N(C)C4CCCCC4)cc3)ccc2s1. The lowest BCUT2D eigenvalue weighted by Gasteiger charge is -2.30. The van der Waals surface area contributed by atoms with Gasteiger partial charge in [-0.2, -0.15) is 4.31 Å². The maximum atomic E-state index is 12.9. The molecule has 0 radical (unpaired) electrons. The van der Waals surface area contributed by atoms with Gasteiger partial charge in [-0.25, -0.2) is 13.4 Å². The van der Waals surface area contributed by atoms with Gasteiger partial charge in [-0.3, -0.25) is 4.79 Å². The Morgan fingerprint density at radius 1 is 1.10 bits per heavy atom. The molecule has 2 aromatic carbocycles. The number of thiazole rings is 1. The van der Waals surface area contributed by atoms with Crippen molar-refractivity contribution in [3.05, 3.63) is 53.0 Å². The Labute approximate surface area is 181 Å². The molecule has 1 amide bonds. The van der Waals surface area contributed by atoms with Gasteiger partial charge in [0.1, 0.15) is 0 Å². The molecule has 30 heavy (non-hydrogen) atoms. The number of rotatable bonds is 5. The molecule has 1 aliphatic carbocycles. The number of aryl methyl sites for hydroxylation is 1. The summed E-state index contributed by atoms with van der Waals surface area (Å²) >= 11 is 1.61. The fraction of sp³-hybridized carbons (Fsp3) is 0.364. The molecule has 1 aliphatic rings. The largest absolute Gasteiger partial charge is 0.322 e. The molecule has 0 spiro atoms. The van der Waals surface area contributed by atoms with Crippen LogP contribution in [0.1, 0.15) is 47.5 Å². The zero-order valence-electron chi connectivity index (χ0n) is 17.1. The number of hydrogen-bond acceptors (Lipinski definition) is 5. The smallest absolute Gasteiger partial charge is 0.255 e. The molecule has 1 aromatic heterocycles. The first-order valence-electron chi connectivity index (χ1n) is 10.1. The lowest BCUT2D eigenvalue weighted by molar-refractivity contribution is 0.102. The summed E-state index contributed by atoms with van der Waals surface area (Å²) in [5, 5.41) is 3.83. The van der Waals surface area contributed by atoms with Gasteiger partial charge >= 0.3 is 0 Å². The predicted octanol–water partition coefficient (Wildman–Crippen LogP) is 4.81. The molecule has 1 heterocycles. The Morgan fingerprint density at radius 2 is 1.80 bits per heavy atom. The van der Waals surface area contributed by atoms with Crippen LogP contribution in [0.25, 0.3) is 10.2 Å². The Morgan fingerprint density at radius 3 is 2.50 bits per heavy atom. The maximum Gasteiger partial charge on any atom is 0.255 e. The van der Waals surface area contributed by atoms with Crippen molar-refractivity contribution >= 4 is 43.2 Å². The Balaban J connectivity index is 1.48. The van der Waals surface area contributed by atoms with E-state index in [0.717, 1.165) is 40.9 Å². The van der Waals surface area contributed by atoms with E-state index in [4.69, 9.17) is 0 Å². The van der Waals surface area contributed by atoms with Gasteiger partial charge in [-0.15, -0.1) is 11.3 Å². The molecule has 4 rings (SSSR count). The van der Waals surface area contributed by atoms with E-state index >= 15 is 0 Å². The molecule has 0 unspecified atom stereocenters. The van der Waals surface area contributed by atoms with Gasteiger partial charge < -0.3 is 5.32 Å². The van der Waals surface area contributed by atoms with E-state index in [9.17, 15) is 13.2 Å². The van der Waals surface area contributed by atoms with E-state index in [1.807, 2.05) is 25.1 Å². The highest BCUT2D eigenvalue weighted by molar-refractivity contribution is 7.89. The zero-order valence-corrected chi connectivity index (χ0v) is 18.7. The van der Waals surface area contributed by atoms with Crippen molar-refractivity contribution in [3.8, 4) is 0 Å². The highest BCUT2D eigenvalue weighted by atomic mass is 32.2. The zero-order chi connectivity index (χ0) is 21.3. The van der Waals surface area contributed by atoms with Crippen molar-refractivity contribution in [1.29, 1.82) is 0 Å². The van der Waals surface area contributed by atoms with E-state index in [1.54, 1.807) is 30.5 Å². The summed E-state index contributed by atoms with van der Waals surface area (Å²) in [6.07, 6.45) is 5.10. The first-order valence-corrected chi connectivity index (χ1v) is 12.4. The number of amides is 1. The molecule has 0 atom stereocenters. The summed E-state index contributed by atoms with van der Waals surface area (Å²) in [4.78, 5) is 17.3. The second kappa shape index (κ2) is 8.45. The van der Waals surface area contributed by atoms with Crippen LogP contribution in [-0.4, -0.2) is 36.7 Å². The molecule has 158 valence electrons. The minimum atomic E-state index is -3.57. The molecular weight excluding hydrogens is 418 g/mol. The van der Waals surface area contributed by atoms with E-state index in [0.29, 0.717) is 11.3 Å². The third kappa shape index (κ3) is 4.26. The van der Waals surface area contributed by atoms with Crippen LogP contribution >= 0.6 is 11.3 Å². The Hall–Kier alpha value is -2.29. The van der Waals surface area contributed by atoms with Crippen molar-refractivity contribution in [2.75, 3.05) is 12.4 Å². The van der Waals surface area contributed by atoms with E-state index in [2.05, 4.69) is 10.3 Å². The third-order valence-corrected chi connectivity index (χ3v) is 8.51. The first kappa shape index (κ1) is 21.0. The minimum absolute atomic E-state index is 0.0518. The number of nitrogens with one attached hydrogen (secondary N) is 1. The van der Waals surface area contributed by atoms with Crippen LogP contribution in [0, 0.1) is 6.92 Å². The first-order chi connectivity index (χ1) is 14.3. The van der Waals surface area contributed by atoms with Gasteiger partial charge in [-0.05, 0) is 62.2 Å². The van der Waals surface area contributed by atoms with Gasteiger partial charge in [0.15, 0.2) is 0 Å². The number of hydrogen-bond donors (Lipinski definition) is 1. The average Bonchev–Trinajstić information content (AvgIpc) is 3.13. The van der Waals surface area contributed by atoms with E-state index in [1.165, 1.54) is 22.9 Å². The van der Waals surface area contributed by atoms with E-state index < -0.39 is 10.0 Å². The van der Waals surface area contributed by atoms with Crippen molar-refractivity contribution in [2.45, 2.75) is 50.0 Å². The van der Waals surface area contributed by atoms with Crippen LogP contribution in [0.4, 0.5) is 5.69 Å². The molecule has 1 fully saturated rings. The number of carbonyl (C=O) groups is 1. The van der Waals surface area contributed by atoms with Gasteiger partial charge in [-0.1, -0.05) is 19.3 Å². The highest BCUT2D eigenvalue weighted by Gasteiger charge is 2.29. The third-order valence-electron chi connectivity index (χ3n) is 5.63. The van der Waals surface area contributed by atoms with Crippen molar-refractivity contribution in [1.82, 2.24) is 9.29 Å². The van der Waals surface area contributed by atoms with Crippen molar-refractivity contribution in [2.24, 2.45) is 0 Å². The minimum Gasteiger partial charge on any atom is -0.322 e. The summed E-state index contributed by atoms with van der Waals surface area (Å²) in [7, 11) is -1.91. The number of aromatic nitrogens is 1. The van der Waals surface area contributed by atoms with Gasteiger partial charge in [0.2, 0.25) is 10.0 Å². The van der Waals surface area contributed by atoms with Crippen LogP contribution in [0.5, 0.6) is 0 Å². The van der Waals surface area contributed by atoms with E-state index in [-0.39, 0.29) is 16.8 Å². The molecule has 0 aliphatic heterocycles. The number of anilines is 1. The fourth-order valence-electron chi connectivity index (χ4n) is 3.91. The summed E-state index contributed by atoms with van der Waals surface area (Å²) in [6.45, 7) is 1.95.